The first-order valence-electron chi connectivity index (χ1n) is 7.71. The molecule has 2 heterocycles. The number of amides is 2. The van der Waals surface area contributed by atoms with Crippen molar-refractivity contribution >= 4 is 37.6 Å². The first-order chi connectivity index (χ1) is 11.9. The zero-order valence-electron chi connectivity index (χ0n) is 13.2. The zero-order valence-corrected chi connectivity index (χ0v) is 15.6. The number of unbranched alkanes of at least 4 members (excludes halogenated alkanes) is 1. The smallest absolute Gasteiger partial charge is 0.261 e. The van der Waals surface area contributed by atoms with Crippen molar-refractivity contribution in [2.45, 2.75) is 17.9 Å². The van der Waals surface area contributed by atoms with E-state index in [4.69, 9.17) is 0 Å². The lowest BCUT2D eigenvalue weighted by atomic mass is 10.1. The molecule has 1 aliphatic rings. The van der Waals surface area contributed by atoms with Gasteiger partial charge in [-0.05, 0) is 53.0 Å². The molecule has 0 saturated carbocycles. The molecule has 0 aliphatic carbocycles. The fourth-order valence-electron chi connectivity index (χ4n) is 2.67. The van der Waals surface area contributed by atoms with Gasteiger partial charge in [-0.1, -0.05) is 18.2 Å². The van der Waals surface area contributed by atoms with E-state index in [0.29, 0.717) is 28.6 Å². The van der Waals surface area contributed by atoms with Crippen LogP contribution in [-0.2, 0) is 9.84 Å². The molecule has 0 radical (unpaired) electrons. The van der Waals surface area contributed by atoms with Gasteiger partial charge in [0.1, 0.15) is 4.60 Å². The van der Waals surface area contributed by atoms with E-state index in [0.717, 1.165) is 0 Å². The highest BCUT2D eigenvalue weighted by atomic mass is 79.9. The normalized spacial score (nSPS) is 14.0. The summed E-state index contributed by atoms with van der Waals surface area (Å²) >= 11 is 3.15. The average molecular weight is 423 g/mol. The van der Waals surface area contributed by atoms with Gasteiger partial charge in [-0.3, -0.25) is 14.5 Å². The van der Waals surface area contributed by atoms with E-state index in [-0.39, 0.29) is 29.1 Å². The van der Waals surface area contributed by atoms with Crippen LogP contribution in [0.25, 0.3) is 0 Å². The van der Waals surface area contributed by atoms with Gasteiger partial charge in [0.15, 0.2) is 14.9 Å². The number of imide groups is 1. The van der Waals surface area contributed by atoms with Crippen LogP contribution in [0.3, 0.4) is 0 Å². The van der Waals surface area contributed by atoms with Crippen LogP contribution in [0.1, 0.15) is 33.6 Å². The molecule has 0 atom stereocenters. The Balaban J connectivity index is 1.58. The Morgan fingerprint density at radius 2 is 1.56 bits per heavy atom. The second-order valence-corrected chi connectivity index (χ2v) is 8.50. The van der Waals surface area contributed by atoms with Crippen molar-refractivity contribution in [3.63, 3.8) is 0 Å². The van der Waals surface area contributed by atoms with Gasteiger partial charge < -0.3 is 0 Å². The minimum absolute atomic E-state index is 0.0163. The maximum atomic E-state index is 12.3. The molecule has 25 heavy (non-hydrogen) atoms. The van der Waals surface area contributed by atoms with Crippen molar-refractivity contribution < 1.29 is 18.0 Å². The van der Waals surface area contributed by atoms with Gasteiger partial charge >= 0.3 is 0 Å². The van der Waals surface area contributed by atoms with Gasteiger partial charge in [-0.2, -0.15) is 0 Å². The molecule has 0 fully saturated rings. The fraction of sp³-hybridized carbons (Fsp3) is 0.235. The van der Waals surface area contributed by atoms with Gasteiger partial charge in [0.2, 0.25) is 0 Å². The van der Waals surface area contributed by atoms with E-state index in [1.54, 1.807) is 36.4 Å². The van der Waals surface area contributed by atoms with E-state index < -0.39 is 9.84 Å². The Hall–Kier alpha value is -2.06. The van der Waals surface area contributed by atoms with E-state index in [1.165, 1.54) is 11.0 Å². The summed E-state index contributed by atoms with van der Waals surface area (Å²) in [6.45, 7) is 0.202. The molecular formula is C17H15BrN2O4S. The summed E-state index contributed by atoms with van der Waals surface area (Å²) in [5.41, 5.74) is 0.803. The van der Waals surface area contributed by atoms with Crippen LogP contribution in [0.2, 0.25) is 0 Å². The summed E-state index contributed by atoms with van der Waals surface area (Å²) < 4.78 is 25.0. The predicted molar refractivity (Wildman–Crippen MR) is 95.0 cm³/mol. The molecule has 1 aromatic carbocycles. The van der Waals surface area contributed by atoms with Gasteiger partial charge in [0.25, 0.3) is 11.8 Å². The monoisotopic (exact) mass is 422 g/mol. The van der Waals surface area contributed by atoms with Crippen LogP contribution >= 0.6 is 15.9 Å². The number of carbonyl (C=O) groups is 2. The molecule has 0 spiro atoms. The number of fused-ring (bicyclic) bond motifs is 1. The third-order valence-electron chi connectivity index (χ3n) is 3.93. The Morgan fingerprint density at radius 1 is 0.920 bits per heavy atom. The van der Waals surface area contributed by atoms with Crippen molar-refractivity contribution in [3.8, 4) is 0 Å². The summed E-state index contributed by atoms with van der Waals surface area (Å²) in [7, 11) is -3.49. The topological polar surface area (TPSA) is 84.4 Å². The molecule has 1 aliphatic heterocycles. The third kappa shape index (κ3) is 3.64. The highest BCUT2D eigenvalue weighted by Gasteiger charge is 2.34. The molecule has 6 nitrogen and oxygen atoms in total. The first kappa shape index (κ1) is 17.8. The van der Waals surface area contributed by atoms with E-state index in [9.17, 15) is 18.0 Å². The number of hydrogen-bond acceptors (Lipinski definition) is 5. The Kier molecular flexibility index (Phi) is 5.01. The van der Waals surface area contributed by atoms with Gasteiger partial charge in [-0.25, -0.2) is 13.4 Å². The van der Waals surface area contributed by atoms with Gasteiger partial charge in [-0.15, -0.1) is 0 Å². The van der Waals surface area contributed by atoms with Crippen LogP contribution in [0, 0.1) is 0 Å². The minimum atomic E-state index is -3.49. The first-order valence-corrected chi connectivity index (χ1v) is 10.2. The highest BCUT2D eigenvalue weighted by molar-refractivity contribution is 9.10. The molecule has 1 aromatic heterocycles. The molecule has 2 amide bonds. The Bertz CT molecular complexity index is 908. The van der Waals surface area contributed by atoms with Crippen LogP contribution in [0.5, 0.6) is 0 Å². The van der Waals surface area contributed by atoms with Gasteiger partial charge in [0.05, 0.1) is 16.9 Å². The number of hydrogen-bond donors (Lipinski definition) is 0. The molecule has 8 heteroatoms. The van der Waals surface area contributed by atoms with Crippen LogP contribution < -0.4 is 0 Å². The SMILES string of the molecule is O=C1c2ccccc2C(=O)N1CCCCS(=O)(=O)c1cccc(Br)n1. The number of pyridine rings is 1. The molecule has 130 valence electrons. The molecule has 2 aromatic rings. The largest absolute Gasteiger partial charge is 0.274 e. The third-order valence-corrected chi connectivity index (χ3v) is 6.06. The number of rotatable bonds is 6. The molecule has 0 bridgehead atoms. The summed E-state index contributed by atoms with van der Waals surface area (Å²) in [6.07, 6.45) is 0.753. The van der Waals surface area contributed by atoms with Crippen molar-refractivity contribution in [2.24, 2.45) is 0 Å². The Labute approximate surface area is 153 Å². The summed E-state index contributed by atoms with van der Waals surface area (Å²) in [5, 5.41) is 0.0163. The van der Waals surface area contributed by atoms with E-state index in [1.807, 2.05) is 0 Å². The molecule has 3 rings (SSSR count). The van der Waals surface area contributed by atoms with Gasteiger partial charge in [0, 0.05) is 6.54 Å². The standard InChI is InChI=1S/C17H15BrN2O4S/c18-14-8-5-9-15(19-14)25(23,24)11-4-3-10-20-16(21)12-6-1-2-7-13(12)17(20)22/h1-2,5-9H,3-4,10-11H2. The van der Waals surface area contributed by atoms with Crippen molar-refractivity contribution in [3.05, 3.63) is 58.2 Å². The summed E-state index contributed by atoms with van der Waals surface area (Å²) in [6, 6.07) is 11.4. The maximum absolute atomic E-state index is 12.3. The number of aromatic nitrogens is 1. The summed E-state index contributed by atoms with van der Waals surface area (Å²) in [5.74, 6) is -0.728. The second-order valence-electron chi connectivity index (χ2n) is 5.63. The average Bonchev–Trinajstić information content (AvgIpc) is 2.83. The predicted octanol–water partition coefficient (Wildman–Crippen LogP) is 2.69. The van der Waals surface area contributed by atoms with Crippen molar-refractivity contribution in [1.82, 2.24) is 9.88 Å². The second kappa shape index (κ2) is 7.05. The van der Waals surface area contributed by atoms with Crippen LogP contribution in [0.15, 0.2) is 52.1 Å². The minimum Gasteiger partial charge on any atom is -0.274 e. The van der Waals surface area contributed by atoms with Crippen LogP contribution in [-0.4, -0.2) is 42.4 Å². The lowest BCUT2D eigenvalue weighted by Crippen LogP contribution is -2.31. The lowest BCUT2D eigenvalue weighted by molar-refractivity contribution is 0.0652. The lowest BCUT2D eigenvalue weighted by Gasteiger charge is -2.13. The van der Waals surface area contributed by atoms with E-state index >= 15 is 0 Å². The highest BCUT2D eigenvalue weighted by Crippen LogP contribution is 2.23. The quantitative estimate of drug-likeness (QED) is 0.405. The molecule has 0 saturated heterocycles. The maximum Gasteiger partial charge on any atom is 0.261 e. The number of benzene rings is 1. The number of sulfone groups is 1. The van der Waals surface area contributed by atoms with Crippen LogP contribution in [0.4, 0.5) is 0 Å². The zero-order chi connectivity index (χ0) is 18.0. The molecule has 0 unspecified atom stereocenters. The number of halogens is 1. The van der Waals surface area contributed by atoms with E-state index in [2.05, 4.69) is 20.9 Å². The summed E-state index contributed by atoms with van der Waals surface area (Å²) in [4.78, 5) is 29.6. The molecular weight excluding hydrogens is 408 g/mol. The number of nitrogens with zero attached hydrogens (tertiary/aromatic N) is 2. The molecule has 0 N–H and O–H groups in total. The Morgan fingerprint density at radius 3 is 2.16 bits per heavy atom. The van der Waals surface area contributed by atoms with Crippen molar-refractivity contribution in [1.29, 1.82) is 0 Å². The number of carbonyl (C=O) groups excluding carboxylic acids is 2. The fourth-order valence-corrected chi connectivity index (χ4v) is 4.45. The van der Waals surface area contributed by atoms with Crippen molar-refractivity contribution in [2.75, 3.05) is 12.3 Å².